The number of nitrogens with zero attached hydrogens (tertiary/aromatic N) is 3. The first-order valence-corrected chi connectivity index (χ1v) is 7.94. The Bertz CT molecular complexity index is 560. The fourth-order valence-corrected chi connectivity index (χ4v) is 3.59. The summed E-state index contributed by atoms with van der Waals surface area (Å²) in [6.07, 6.45) is 3.01. The van der Waals surface area contributed by atoms with Crippen molar-refractivity contribution >= 4 is 23.7 Å². The van der Waals surface area contributed by atoms with Gasteiger partial charge in [0.1, 0.15) is 5.01 Å². The van der Waals surface area contributed by atoms with E-state index < -0.39 is 0 Å². The van der Waals surface area contributed by atoms with Gasteiger partial charge in [0.05, 0.1) is 11.4 Å². The van der Waals surface area contributed by atoms with Gasteiger partial charge in [0.15, 0.2) is 0 Å². The minimum atomic E-state index is 0. The van der Waals surface area contributed by atoms with Crippen molar-refractivity contribution in [1.82, 2.24) is 14.9 Å². The predicted molar refractivity (Wildman–Crippen MR) is 89.6 cm³/mol. The van der Waals surface area contributed by atoms with Gasteiger partial charge >= 0.3 is 0 Å². The molecule has 3 rings (SSSR count). The van der Waals surface area contributed by atoms with E-state index >= 15 is 0 Å². The van der Waals surface area contributed by atoms with Crippen LogP contribution >= 0.6 is 23.7 Å². The van der Waals surface area contributed by atoms with E-state index in [2.05, 4.69) is 22.2 Å². The second kappa shape index (κ2) is 7.31. The van der Waals surface area contributed by atoms with Gasteiger partial charge < -0.3 is 5.73 Å². The standard InChI is InChI=1S/C15H20N4S.ClH/c1-11-6-12(7-16)8-19(11)9-13-10-20-15(18-13)14-4-2-3-5-17-14;/h2-5,10-12H,6-9,16H2,1H3;1H. The normalized spacial score (nSPS) is 22.2. The first-order valence-electron chi connectivity index (χ1n) is 7.06. The Morgan fingerprint density at radius 2 is 2.29 bits per heavy atom. The zero-order chi connectivity index (χ0) is 13.9. The highest BCUT2D eigenvalue weighted by atomic mass is 35.5. The molecule has 1 aliphatic rings. The summed E-state index contributed by atoms with van der Waals surface area (Å²) in [5.41, 5.74) is 7.88. The fourth-order valence-electron chi connectivity index (χ4n) is 2.80. The molecule has 1 saturated heterocycles. The second-order valence-corrected chi connectivity index (χ2v) is 6.33. The molecule has 2 aromatic rings. The van der Waals surface area contributed by atoms with Gasteiger partial charge in [0, 0.05) is 30.7 Å². The summed E-state index contributed by atoms with van der Waals surface area (Å²) < 4.78 is 0. The number of rotatable bonds is 4. The van der Waals surface area contributed by atoms with Crippen molar-refractivity contribution in [2.24, 2.45) is 11.7 Å². The van der Waals surface area contributed by atoms with Crippen molar-refractivity contribution in [1.29, 1.82) is 0 Å². The van der Waals surface area contributed by atoms with E-state index in [9.17, 15) is 0 Å². The highest BCUT2D eigenvalue weighted by Gasteiger charge is 2.28. The second-order valence-electron chi connectivity index (χ2n) is 5.47. The van der Waals surface area contributed by atoms with E-state index in [1.54, 1.807) is 11.3 Å². The van der Waals surface area contributed by atoms with Gasteiger partial charge in [0.25, 0.3) is 0 Å². The van der Waals surface area contributed by atoms with Crippen LogP contribution in [0.2, 0.25) is 0 Å². The Hall–Kier alpha value is -1.01. The largest absolute Gasteiger partial charge is 0.330 e. The molecular formula is C15H21ClN4S. The van der Waals surface area contributed by atoms with Gasteiger partial charge in [0.2, 0.25) is 0 Å². The third-order valence-electron chi connectivity index (χ3n) is 3.92. The summed E-state index contributed by atoms with van der Waals surface area (Å²) in [4.78, 5) is 11.5. The molecule has 2 N–H and O–H groups in total. The first kappa shape index (κ1) is 16.4. The zero-order valence-electron chi connectivity index (χ0n) is 12.1. The summed E-state index contributed by atoms with van der Waals surface area (Å²) in [5.74, 6) is 0.638. The lowest BCUT2D eigenvalue weighted by Crippen LogP contribution is -2.27. The van der Waals surface area contributed by atoms with Gasteiger partial charge in [-0.1, -0.05) is 6.07 Å². The minimum Gasteiger partial charge on any atom is -0.330 e. The molecule has 6 heteroatoms. The lowest BCUT2D eigenvalue weighted by Gasteiger charge is -2.19. The van der Waals surface area contributed by atoms with E-state index in [-0.39, 0.29) is 12.4 Å². The highest BCUT2D eigenvalue weighted by molar-refractivity contribution is 7.13. The Kier molecular flexibility index (Phi) is 5.70. The summed E-state index contributed by atoms with van der Waals surface area (Å²) in [6.45, 7) is 5.08. The molecule has 0 radical (unpaired) electrons. The molecule has 3 heterocycles. The average molecular weight is 325 g/mol. The van der Waals surface area contributed by atoms with E-state index in [0.717, 1.165) is 36.0 Å². The number of aromatic nitrogens is 2. The Labute approximate surface area is 135 Å². The molecular weight excluding hydrogens is 304 g/mol. The maximum absolute atomic E-state index is 5.78. The molecule has 0 saturated carbocycles. The summed E-state index contributed by atoms with van der Waals surface area (Å²) in [7, 11) is 0. The molecule has 2 unspecified atom stereocenters. The number of hydrogen-bond acceptors (Lipinski definition) is 5. The van der Waals surface area contributed by atoms with Gasteiger partial charge in [-0.3, -0.25) is 9.88 Å². The van der Waals surface area contributed by atoms with E-state index in [4.69, 9.17) is 10.7 Å². The SMILES string of the molecule is CC1CC(CN)CN1Cc1csc(-c2ccccn2)n1.Cl. The lowest BCUT2D eigenvalue weighted by molar-refractivity contribution is 0.253. The number of hydrogen-bond donors (Lipinski definition) is 1. The van der Waals surface area contributed by atoms with E-state index in [0.29, 0.717) is 12.0 Å². The number of thiazole rings is 1. The molecule has 2 atom stereocenters. The summed E-state index contributed by atoms with van der Waals surface area (Å²) in [5, 5.41) is 3.15. The van der Waals surface area contributed by atoms with Crippen LogP contribution in [0, 0.1) is 5.92 Å². The molecule has 0 aliphatic carbocycles. The average Bonchev–Trinajstić information content (AvgIpc) is 3.08. The number of halogens is 1. The van der Waals surface area contributed by atoms with Crippen LogP contribution in [0.3, 0.4) is 0 Å². The molecule has 0 bridgehead atoms. The van der Waals surface area contributed by atoms with Crippen molar-refractivity contribution in [2.45, 2.75) is 25.9 Å². The van der Waals surface area contributed by atoms with Gasteiger partial charge in [-0.2, -0.15) is 0 Å². The minimum absolute atomic E-state index is 0. The molecule has 0 amide bonds. The van der Waals surface area contributed by atoms with Crippen LogP contribution in [-0.2, 0) is 6.54 Å². The monoisotopic (exact) mass is 324 g/mol. The molecule has 2 aromatic heterocycles. The Balaban J connectivity index is 0.00000161. The third-order valence-corrected chi connectivity index (χ3v) is 4.84. The number of pyridine rings is 1. The smallest absolute Gasteiger partial charge is 0.142 e. The van der Waals surface area contributed by atoms with Crippen molar-refractivity contribution < 1.29 is 0 Å². The van der Waals surface area contributed by atoms with Crippen LogP contribution < -0.4 is 5.73 Å². The molecule has 1 fully saturated rings. The number of nitrogens with two attached hydrogens (primary N) is 1. The summed E-state index contributed by atoms with van der Waals surface area (Å²) >= 11 is 1.67. The maximum atomic E-state index is 5.78. The Morgan fingerprint density at radius 3 is 2.95 bits per heavy atom. The predicted octanol–water partition coefficient (Wildman–Crippen LogP) is 2.80. The van der Waals surface area contributed by atoms with Crippen LogP contribution in [0.4, 0.5) is 0 Å². The third kappa shape index (κ3) is 3.80. The van der Waals surface area contributed by atoms with Gasteiger partial charge in [-0.15, -0.1) is 23.7 Å². The zero-order valence-corrected chi connectivity index (χ0v) is 13.7. The van der Waals surface area contributed by atoms with Gasteiger partial charge in [-0.05, 0) is 37.9 Å². The first-order chi connectivity index (χ1) is 9.76. The highest BCUT2D eigenvalue weighted by Crippen LogP contribution is 2.26. The van der Waals surface area contributed by atoms with E-state index in [1.807, 2.05) is 24.4 Å². The van der Waals surface area contributed by atoms with E-state index in [1.165, 1.54) is 6.42 Å². The Morgan fingerprint density at radius 1 is 1.43 bits per heavy atom. The number of likely N-dealkylation sites (tertiary alicyclic amines) is 1. The van der Waals surface area contributed by atoms with Crippen molar-refractivity contribution in [3.8, 4) is 10.7 Å². The van der Waals surface area contributed by atoms with Crippen LogP contribution in [-0.4, -0.2) is 34.0 Å². The van der Waals surface area contributed by atoms with Crippen LogP contribution in [0.5, 0.6) is 0 Å². The molecule has 21 heavy (non-hydrogen) atoms. The molecule has 0 spiro atoms. The maximum Gasteiger partial charge on any atom is 0.142 e. The van der Waals surface area contributed by atoms with Crippen LogP contribution in [0.1, 0.15) is 19.0 Å². The van der Waals surface area contributed by atoms with Crippen molar-refractivity contribution in [3.05, 3.63) is 35.5 Å². The lowest BCUT2D eigenvalue weighted by atomic mass is 10.1. The molecule has 1 aliphatic heterocycles. The van der Waals surface area contributed by atoms with Crippen LogP contribution in [0.15, 0.2) is 29.8 Å². The van der Waals surface area contributed by atoms with Gasteiger partial charge in [-0.25, -0.2) is 4.98 Å². The topological polar surface area (TPSA) is 55.0 Å². The van der Waals surface area contributed by atoms with Crippen molar-refractivity contribution in [3.63, 3.8) is 0 Å². The quantitative estimate of drug-likeness (QED) is 0.939. The summed E-state index contributed by atoms with van der Waals surface area (Å²) in [6, 6.07) is 6.53. The van der Waals surface area contributed by atoms with Crippen LogP contribution in [0.25, 0.3) is 10.7 Å². The van der Waals surface area contributed by atoms with Crippen molar-refractivity contribution in [2.75, 3.05) is 13.1 Å². The molecule has 114 valence electrons. The fraction of sp³-hybridized carbons (Fsp3) is 0.467. The molecule has 0 aromatic carbocycles. The molecule has 4 nitrogen and oxygen atoms in total.